The summed E-state index contributed by atoms with van der Waals surface area (Å²) in [6.07, 6.45) is 2.49. The average Bonchev–Trinajstić information content (AvgIpc) is 2.78. The summed E-state index contributed by atoms with van der Waals surface area (Å²) in [5.41, 5.74) is 3.30. The van der Waals surface area contributed by atoms with Crippen molar-refractivity contribution < 1.29 is 9.18 Å². The summed E-state index contributed by atoms with van der Waals surface area (Å²) < 4.78 is 13.3. The van der Waals surface area contributed by atoms with E-state index in [-0.39, 0.29) is 18.1 Å². The predicted molar refractivity (Wildman–Crippen MR) is 122 cm³/mol. The molecule has 0 fully saturated rings. The van der Waals surface area contributed by atoms with Gasteiger partial charge in [-0.25, -0.2) is 14.4 Å². The van der Waals surface area contributed by atoms with Gasteiger partial charge in [-0.15, -0.1) is 0 Å². The largest absolute Gasteiger partial charge is 0.363 e. The Kier molecular flexibility index (Phi) is 6.28. The van der Waals surface area contributed by atoms with Crippen LogP contribution in [-0.4, -0.2) is 38.7 Å². The topological polar surface area (TPSA) is 71.0 Å². The van der Waals surface area contributed by atoms with E-state index in [9.17, 15) is 9.18 Å². The minimum atomic E-state index is -0.432. The minimum Gasteiger partial charge on any atom is -0.363 e. The van der Waals surface area contributed by atoms with E-state index >= 15 is 0 Å². The fraction of sp³-hybridized carbons (Fsp3) is 0.360. The number of Topliss-reactive ketones (excluding diaryl/α,β-unsaturated/α-hetero) is 1. The number of hydrogen-bond acceptors (Lipinski definition) is 6. The molecule has 3 heterocycles. The molecule has 0 unspecified atom stereocenters. The van der Waals surface area contributed by atoms with E-state index in [0.717, 1.165) is 29.8 Å². The van der Waals surface area contributed by atoms with Gasteiger partial charge in [0.2, 0.25) is 0 Å². The molecule has 0 atom stereocenters. The van der Waals surface area contributed by atoms with Gasteiger partial charge in [-0.1, -0.05) is 39.0 Å². The summed E-state index contributed by atoms with van der Waals surface area (Å²) in [4.78, 5) is 28.8. The molecular formula is C25H28FN5O. The van der Waals surface area contributed by atoms with Gasteiger partial charge in [0.05, 0.1) is 12.2 Å². The summed E-state index contributed by atoms with van der Waals surface area (Å²) in [7, 11) is 0. The number of nitrogens with zero attached hydrogens (tertiary/aromatic N) is 4. The van der Waals surface area contributed by atoms with Crippen LogP contribution >= 0.6 is 0 Å². The minimum absolute atomic E-state index is 0.114. The van der Waals surface area contributed by atoms with Crippen LogP contribution < -0.4 is 5.32 Å². The molecule has 0 spiro atoms. The molecule has 7 heteroatoms. The smallest absolute Gasteiger partial charge is 0.180 e. The maximum Gasteiger partial charge on any atom is 0.180 e. The molecule has 0 aliphatic carbocycles. The second-order valence-corrected chi connectivity index (χ2v) is 9.15. The predicted octanol–water partition coefficient (Wildman–Crippen LogP) is 4.26. The van der Waals surface area contributed by atoms with Crippen molar-refractivity contribution in [1.82, 2.24) is 19.9 Å². The second kappa shape index (κ2) is 9.12. The Morgan fingerprint density at radius 3 is 2.59 bits per heavy atom. The van der Waals surface area contributed by atoms with Gasteiger partial charge in [0.15, 0.2) is 11.6 Å². The maximum absolute atomic E-state index is 13.3. The fourth-order valence-electron chi connectivity index (χ4n) is 3.64. The van der Waals surface area contributed by atoms with E-state index in [1.807, 2.05) is 51.1 Å². The Balaban J connectivity index is 1.62. The first-order chi connectivity index (χ1) is 15.3. The Morgan fingerprint density at radius 2 is 1.91 bits per heavy atom. The monoisotopic (exact) mass is 433 g/mol. The zero-order valence-electron chi connectivity index (χ0n) is 18.7. The van der Waals surface area contributed by atoms with Gasteiger partial charge in [-0.05, 0) is 29.8 Å². The van der Waals surface area contributed by atoms with E-state index in [1.165, 1.54) is 12.1 Å². The first-order valence-corrected chi connectivity index (χ1v) is 10.8. The van der Waals surface area contributed by atoms with Gasteiger partial charge in [0.1, 0.15) is 17.3 Å². The molecular weight excluding hydrogens is 405 g/mol. The number of rotatable bonds is 6. The highest BCUT2D eigenvalue weighted by Crippen LogP contribution is 2.28. The number of nitrogens with one attached hydrogen (secondary N) is 1. The average molecular weight is 434 g/mol. The number of aromatic nitrogens is 3. The van der Waals surface area contributed by atoms with Crippen LogP contribution in [0.25, 0.3) is 11.5 Å². The summed E-state index contributed by atoms with van der Waals surface area (Å²) in [5, 5.41) is 3.28. The highest BCUT2D eigenvalue weighted by Gasteiger charge is 2.25. The van der Waals surface area contributed by atoms with Crippen LogP contribution in [0.15, 0.2) is 48.7 Å². The van der Waals surface area contributed by atoms with Gasteiger partial charge in [0, 0.05) is 43.2 Å². The van der Waals surface area contributed by atoms with Crippen LogP contribution in [0.2, 0.25) is 0 Å². The van der Waals surface area contributed by atoms with Gasteiger partial charge < -0.3 is 5.32 Å². The lowest BCUT2D eigenvalue weighted by Gasteiger charge is -2.30. The molecule has 3 aromatic rings. The van der Waals surface area contributed by atoms with Crippen LogP contribution in [0.1, 0.15) is 37.6 Å². The SMILES string of the molecule is CC(C)(C)C(=O)CNc1nc(-c2ccccn2)nc2c1CN(Cc1ccc(F)cc1)CC2. The lowest BCUT2D eigenvalue weighted by molar-refractivity contribution is -0.124. The molecule has 1 N–H and O–H groups in total. The third kappa shape index (κ3) is 5.16. The number of carbonyl (C=O) groups excluding carboxylic acids is 1. The lowest BCUT2D eigenvalue weighted by Crippen LogP contribution is -2.33. The Labute approximate surface area is 187 Å². The zero-order chi connectivity index (χ0) is 22.7. The fourth-order valence-corrected chi connectivity index (χ4v) is 3.64. The first kappa shape index (κ1) is 22.0. The number of anilines is 1. The van der Waals surface area contributed by atoms with Crippen LogP contribution in [0.4, 0.5) is 10.2 Å². The number of benzene rings is 1. The highest BCUT2D eigenvalue weighted by atomic mass is 19.1. The quantitative estimate of drug-likeness (QED) is 0.626. The van der Waals surface area contributed by atoms with Crippen molar-refractivity contribution in [1.29, 1.82) is 0 Å². The van der Waals surface area contributed by atoms with Crippen molar-refractivity contribution >= 4 is 11.6 Å². The number of carbonyl (C=O) groups is 1. The van der Waals surface area contributed by atoms with E-state index in [1.54, 1.807) is 6.20 Å². The van der Waals surface area contributed by atoms with Crippen LogP contribution in [0.5, 0.6) is 0 Å². The van der Waals surface area contributed by atoms with Crippen LogP contribution in [-0.2, 0) is 24.3 Å². The van der Waals surface area contributed by atoms with Crippen molar-refractivity contribution in [3.05, 3.63) is 71.3 Å². The molecule has 166 valence electrons. The Hall–Kier alpha value is -3.19. The van der Waals surface area contributed by atoms with Crippen LogP contribution in [0.3, 0.4) is 0 Å². The van der Waals surface area contributed by atoms with Gasteiger partial charge in [-0.2, -0.15) is 0 Å². The normalized spacial score (nSPS) is 14.1. The summed E-state index contributed by atoms with van der Waals surface area (Å²) in [5.74, 6) is 1.12. The molecule has 1 aliphatic heterocycles. The third-order valence-electron chi connectivity index (χ3n) is 5.61. The molecule has 0 saturated carbocycles. The maximum atomic E-state index is 13.3. The van der Waals surface area contributed by atoms with Gasteiger partial charge in [-0.3, -0.25) is 14.7 Å². The molecule has 4 rings (SSSR count). The lowest BCUT2D eigenvalue weighted by atomic mass is 9.91. The zero-order valence-corrected chi connectivity index (χ0v) is 18.7. The van der Waals surface area contributed by atoms with Crippen molar-refractivity contribution in [3.63, 3.8) is 0 Å². The molecule has 1 aromatic carbocycles. The van der Waals surface area contributed by atoms with E-state index < -0.39 is 5.41 Å². The van der Waals surface area contributed by atoms with Crippen molar-refractivity contribution in [2.75, 3.05) is 18.4 Å². The molecule has 2 aromatic heterocycles. The molecule has 0 bridgehead atoms. The van der Waals surface area contributed by atoms with Gasteiger partial charge in [0.25, 0.3) is 0 Å². The van der Waals surface area contributed by atoms with Crippen molar-refractivity contribution in [2.45, 2.75) is 40.3 Å². The summed E-state index contributed by atoms with van der Waals surface area (Å²) >= 11 is 0. The number of pyridine rings is 1. The van der Waals surface area contributed by atoms with E-state index in [4.69, 9.17) is 9.97 Å². The third-order valence-corrected chi connectivity index (χ3v) is 5.61. The number of halogens is 1. The highest BCUT2D eigenvalue weighted by molar-refractivity contribution is 5.87. The molecule has 0 radical (unpaired) electrons. The van der Waals surface area contributed by atoms with E-state index in [0.29, 0.717) is 30.4 Å². The molecule has 0 amide bonds. The van der Waals surface area contributed by atoms with Gasteiger partial charge >= 0.3 is 0 Å². The summed E-state index contributed by atoms with van der Waals surface area (Å²) in [6, 6.07) is 12.2. The Morgan fingerprint density at radius 1 is 1.12 bits per heavy atom. The molecule has 6 nitrogen and oxygen atoms in total. The molecule has 0 saturated heterocycles. The first-order valence-electron chi connectivity index (χ1n) is 10.8. The Bertz CT molecular complexity index is 1090. The standard InChI is InChI=1S/C25H28FN5O/c1-25(2,3)22(32)14-28-23-19-16-31(15-17-7-9-18(26)10-8-17)13-11-20(19)29-24(30-23)21-6-4-5-12-27-21/h4-10,12H,11,13-16H2,1-3H3,(H,28,29,30). The van der Waals surface area contributed by atoms with E-state index in [2.05, 4.69) is 15.2 Å². The second-order valence-electron chi connectivity index (χ2n) is 9.15. The number of hydrogen-bond donors (Lipinski definition) is 1. The van der Waals surface area contributed by atoms with Crippen molar-refractivity contribution in [2.24, 2.45) is 5.41 Å². The van der Waals surface area contributed by atoms with Crippen molar-refractivity contribution in [3.8, 4) is 11.5 Å². The van der Waals surface area contributed by atoms with Crippen LogP contribution in [0, 0.1) is 11.2 Å². The number of ketones is 1. The molecule has 1 aliphatic rings. The number of fused-ring (bicyclic) bond motifs is 1. The molecule has 32 heavy (non-hydrogen) atoms. The summed E-state index contributed by atoms with van der Waals surface area (Å²) in [6.45, 7) is 8.14.